The van der Waals surface area contributed by atoms with Crippen LogP contribution in [0.15, 0.2) is 24.3 Å². The van der Waals surface area contributed by atoms with Crippen LogP contribution in [0.2, 0.25) is 0 Å². The molecule has 0 spiro atoms. The van der Waals surface area contributed by atoms with Gasteiger partial charge in [0.05, 0.1) is 7.11 Å². The Morgan fingerprint density at radius 2 is 2.10 bits per heavy atom. The summed E-state index contributed by atoms with van der Waals surface area (Å²) >= 11 is 0. The van der Waals surface area contributed by atoms with E-state index in [0.717, 1.165) is 18.3 Å². The molecular formula is C17H27N3O. The Morgan fingerprint density at radius 1 is 1.29 bits per heavy atom. The largest absolute Gasteiger partial charge is 0.497 e. The third-order valence-electron chi connectivity index (χ3n) is 4.88. The Balaban J connectivity index is 1.54. The smallest absolute Gasteiger partial charge is 0.119 e. The molecule has 2 heterocycles. The first kappa shape index (κ1) is 14.8. The number of nitrogens with two attached hydrogens (primary N) is 1. The average molecular weight is 289 g/mol. The van der Waals surface area contributed by atoms with Gasteiger partial charge in [0, 0.05) is 25.2 Å². The summed E-state index contributed by atoms with van der Waals surface area (Å²) in [6.45, 7) is 5.88. The molecular weight excluding hydrogens is 262 g/mol. The highest BCUT2D eigenvalue weighted by molar-refractivity contribution is 5.30. The highest BCUT2D eigenvalue weighted by atomic mass is 16.5. The number of ether oxygens (including phenoxy) is 1. The summed E-state index contributed by atoms with van der Waals surface area (Å²) in [6, 6.07) is 8.96. The predicted molar refractivity (Wildman–Crippen MR) is 85.6 cm³/mol. The first-order valence-corrected chi connectivity index (χ1v) is 8.12. The first-order chi connectivity index (χ1) is 10.3. The molecule has 0 aliphatic carbocycles. The van der Waals surface area contributed by atoms with E-state index in [1.807, 2.05) is 12.1 Å². The van der Waals surface area contributed by atoms with Crippen molar-refractivity contribution in [2.24, 2.45) is 5.73 Å². The van der Waals surface area contributed by atoms with Crippen LogP contribution >= 0.6 is 0 Å². The number of rotatable bonds is 5. The number of benzene rings is 1. The second kappa shape index (κ2) is 6.77. The van der Waals surface area contributed by atoms with Gasteiger partial charge in [0.15, 0.2) is 0 Å². The third-order valence-corrected chi connectivity index (χ3v) is 4.88. The van der Waals surface area contributed by atoms with Gasteiger partial charge in [0.2, 0.25) is 0 Å². The summed E-state index contributed by atoms with van der Waals surface area (Å²) in [4.78, 5) is 5.18. The monoisotopic (exact) mass is 289 g/mol. The second-order valence-corrected chi connectivity index (χ2v) is 6.33. The van der Waals surface area contributed by atoms with Gasteiger partial charge in [-0.25, -0.2) is 0 Å². The zero-order valence-electron chi connectivity index (χ0n) is 13.0. The quantitative estimate of drug-likeness (QED) is 0.898. The van der Waals surface area contributed by atoms with Crippen LogP contribution in [0.4, 0.5) is 0 Å². The van der Waals surface area contributed by atoms with E-state index in [2.05, 4.69) is 21.9 Å². The number of hydrogen-bond acceptors (Lipinski definition) is 4. The van der Waals surface area contributed by atoms with E-state index >= 15 is 0 Å². The summed E-state index contributed by atoms with van der Waals surface area (Å²) in [5.41, 5.74) is 7.55. The van der Waals surface area contributed by atoms with Gasteiger partial charge in [-0.1, -0.05) is 12.1 Å². The molecule has 2 fully saturated rings. The fourth-order valence-electron chi connectivity index (χ4n) is 3.64. The van der Waals surface area contributed by atoms with E-state index in [1.54, 1.807) is 7.11 Å². The molecule has 3 rings (SSSR count). The van der Waals surface area contributed by atoms with E-state index in [-0.39, 0.29) is 6.04 Å². The molecule has 0 bridgehead atoms. The van der Waals surface area contributed by atoms with Crippen LogP contribution in [0.3, 0.4) is 0 Å². The Morgan fingerprint density at radius 3 is 2.86 bits per heavy atom. The van der Waals surface area contributed by atoms with Gasteiger partial charge in [0.1, 0.15) is 5.75 Å². The molecule has 4 heteroatoms. The molecule has 0 amide bonds. The van der Waals surface area contributed by atoms with Crippen molar-refractivity contribution in [2.45, 2.75) is 31.3 Å². The summed E-state index contributed by atoms with van der Waals surface area (Å²) < 4.78 is 5.28. The first-order valence-electron chi connectivity index (χ1n) is 8.12. The van der Waals surface area contributed by atoms with Gasteiger partial charge in [0.25, 0.3) is 0 Å². The second-order valence-electron chi connectivity index (χ2n) is 6.33. The minimum atomic E-state index is 0.0671. The third kappa shape index (κ3) is 3.57. The maximum absolute atomic E-state index is 6.39. The van der Waals surface area contributed by atoms with Gasteiger partial charge >= 0.3 is 0 Å². The van der Waals surface area contributed by atoms with Crippen molar-refractivity contribution in [3.8, 4) is 5.75 Å². The van der Waals surface area contributed by atoms with E-state index in [4.69, 9.17) is 10.5 Å². The molecule has 0 aromatic heterocycles. The molecule has 21 heavy (non-hydrogen) atoms. The van der Waals surface area contributed by atoms with Crippen molar-refractivity contribution in [3.63, 3.8) is 0 Å². The molecule has 0 saturated carbocycles. The van der Waals surface area contributed by atoms with Gasteiger partial charge in [-0.3, -0.25) is 9.80 Å². The van der Waals surface area contributed by atoms with Gasteiger partial charge in [-0.2, -0.15) is 0 Å². The molecule has 1 aromatic carbocycles. The Kier molecular flexibility index (Phi) is 4.78. The summed E-state index contributed by atoms with van der Waals surface area (Å²) in [7, 11) is 1.70. The summed E-state index contributed by atoms with van der Waals surface area (Å²) in [5, 5.41) is 0. The lowest BCUT2D eigenvalue weighted by Gasteiger charge is -2.25. The van der Waals surface area contributed by atoms with Crippen molar-refractivity contribution in [2.75, 3.05) is 39.8 Å². The lowest BCUT2D eigenvalue weighted by molar-refractivity contribution is 0.228. The fourth-order valence-corrected chi connectivity index (χ4v) is 3.64. The lowest BCUT2D eigenvalue weighted by Crippen LogP contribution is -2.37. The SMILES string of the molecule is COc1cccc(C(N)CN2CCC(N3CCCC3)C2)c1. The summed E-state index contributed by atoms with van der Waals surface area (Å²) in [6.07, 6.45) is 4.05. The normalized spacial score (nSPS) is 25.3. The highest BCUT2D eigenvalue weighted by Crippen LogP contribution is 2.23. The molecule has 4 nitrogen and oxygen atoms in total. The Hall–Kier alpha value is -1.10. The van der Waals surface area contributed by atoms with E-state index in [1.165, 1.54) is 51.0 Å². The zero-order valence-corrected chi connectivity index (χ0v) is 13.0. The average Bonchev–Trinajstić information content (AvgIpc) is 3.18. The van der Waals surface area contributed by atoms with Crippen LogP contribution in [0.1, 0.15) is 30.9 Å². The van der Waals surface area contributed by atoms with Gasteiger partial charge < -0.3 is 10.5 Å². The molecule has 2 saturated heterocycles. The molecule has 2 aliphatic rings. The van der Waals surface area contributed by atoms with Gasteiger partial charge in [-0.05, 0) is 56.6 Å². The summed E-state index contributed by atoms with van der Waals surface area (Å²) in [5.74, 6) is 0.888. The lowest BCUT2D eigenvalue weighted by atomic mass is 10.1. The number of methoxy groups -OCH3 is 1. The standard InChI is InChI=1S/C17H27N3O/c1-21-16-6-4-5-14(11-16)17(18)13-19-10-7-15(12-19)20-8-2-3-9-20/h4-6,11,15,17H,2-3,7-10,12-13,18H2,1H3. The van der Waals surface area contributed by atoms with Crippen molar-refractivity contribution in [1.29, 1.82) is 0 Å². The minimum Gasteiger partial charge on any atom is -0.497 e. The Labute approximate surface area is 127 Å². The maximum Gasteiger partial charge on any atom is 0.119 e. The van der Waals surface area contributed by atoms with Crippen LogP contribution in [0, 0.1) is 0 Å². The number of nitrogens with zero attached hydrogens (tertiary/aromatic N) is 2. The molecule has 2 atom stereocenters. The van der Waals surface area contributed by atoms with Crippen molar-refractivity contribution >= 4 is 0 Å². The fraction of sp³-hybridized carbons (Fsp3) is 0.647. The molecule has 2 unspecified atom stereocenters. The van der Waals surface area contributed by atoms with Crippen LogP contribution < -0.4 is 10.5 Å². The van der Waals surface area contributed by atoms with Crippen molar-refractivity contribution < 1.29 is 4.74 Å². The molecule has 0 radical (unpaired) electrons. The molecule has 1 aromatic rings. The minimum absolute atomic E-state index is 0.0671. The van der Waals surface area contributed by atoms with Crippen LogP contribution in [0.25, 0.3) is 0 Å². The number of hydrogen-bond donors (Lipinski definition) is 1. The Bertz CT molecular complexity index is 459. The van der Waals surface area contributed by atoms with Crippen LogP contribution in [-0.2, 0) is 0 Å². The van der Waals surface area contributed by atoms with Gasteiger partial charge in [-0.15, -0.1) is 0 Å². The van der Waals surface area contributed by atoms with E-state index in [0.29, 0.717) is 0 Å². The number of likely N-dealkylation sites (tertiary alicyclic amines) is 2. The molecule has 116 valence electrons. The van der Waals surface area contributed by atoms with Crippen molar-refractivity contribution in [1.82, 2.24) is 9.80 Å². The zero-order chi connectivity index (χ0) is 14.7. The topological polar surface area (TPSA) is 41.7 Å². The van der Waals surface area contributed by atoms with Crippen LogP contribution in [-0.4, -0.2) is 55.7 Å². The van der Waals surface area contributed by atoms with E-state index < -0.39 is 0 Å². The maximum atomic E-state index is 6.39. The predicted octanol–water partition coefficient (Wildman–Crippen LogP) is 1.87. The molecule has 2 aliphatic heterocycles. The van der Waals surface area contributed by atoms with Crippen molar-refractivity contribution in [3.05, 3.63) is 29.8 Å². The van der Waals surface area contributed by atoms with E-state index in [9.17, 15) is 0 Å². The van der Waals surface area contributed by atoms with Crippen LogP contribution in [0.5, 0.6) is 5.75 Å². The molecule has 2 N–H and O–H groups in total. The highest BCUT2D eigenvalue weighted by Gasteiger charge is 2.29.